The maximum Gasteiger partial charge on any atom is 0.326 e. The molecule has 0 saturated carbocycles. The lowest BCUT2D eigenvalue weighted by Crippen LogP contribution is -2.43. The highest BCUT2D eigenvalue weighted by Crippen LogP contribution is 2.17. The minimum Gasteiger partial charge on any atom is -0.480 e. The van der Waals surface area contributed by atoms with E-state index in [1.165, 1.54) is 0 Å². The molecule has 1 atom stereocenters. The molecule has 0 aromatic heterocycles. The standard InChI is InChI=1S/C19H19F2NO3.C2H6/c1-11(2)13-6-3-5-12(9-13)10-16(19(24)25)22-18(23)17-14(20)7-4-8-15(17)21;1-2/h3-9,11,16H,10H2,1-2H3,(H,22,23)(H,24,25);1-2H3. The molecule has 2 N–H and O–H groups in total. The molecule has 2 rings (SSSR count). The molecule has 27 heavy (non-hydrogen) atoms. The molecule has 0 radical (unpaired) electrons. The van der Waals surface area contributed by atoms with Gasteiger partial charge in [0.2, 0.25) is 0 Å². The Morgan fingerprint density at radius 2 is 1.59 bits per heavy atom. The predicted molar refractivity (Wildman–Crippen MR) is 101 cm³/mol. The van der Waals surface area contributed by atoms with Gasteiger partial charge in [0, 0.05) is 6.42 Å². The van der Waals surface area contributed by atoms with Crippen LogP contribution in [0.15, 0.2) is 42.5 Å². The van der Waals surface area contributed by atoms with Gasteiger partial charge in [-0.25, -0.2) is 13.6 Å². The largest absolute Gasteiger partial charge is 0.480 e. The van der Waals surface area contributed by atoms with E-state index in [1.807, 2.05) is 45.9 Å². The number of rotatable bonds is 6. The van der Waals surface area contributed by atoms with E-state index in [9.17, 15) is 23.5 Å². The summed E-state index contributed by atoms with van der Waals surface area (Å²) in [5.74, 6) is -4.18. The van der Waals surface area contributed by atoms with Gasteiger partial charge in [-0.2, -0.15) is 0 Å². The number of carbonyl (C=O) groups excluding carboxylic acids is 1. The molecule has 0 saturated heterocycles. The van der Waals surface area contributed by atoms with Gasteiger partial charge in [-0.3, -0.25) is 4.79 Å². The van der Waals surface area contributed by atoms with Crippen molar-refractivity contribution >= 4 is 11.9 Å². The van der Waals surface area contributed by atoms with E-state index in [2.05, 4.69) is 5.32 Å². The third-order valence-electron chi connectivity index (χ3n) is 3.85. The van der Waals surface area contributed by atoms with Crippen LogP contribution in [0.5, 0.6) is 0 Å². The first-order valence-corrected chi connectivity index (χ1v) is 8.86. The van der Waals surface area contributed by atoms with Crippen LogP contribution >= 0.6 is 0 Å². The summed E-state index contributed by atoms with van der Waals surface area (Å²) in [6, 6.07) is 9.06. The second-order valence-corrected chi connectivity index (χ2v) is 6.06. The molecule has 1 amide bonds. The monoisotopic (exact) mass is 377 g/mol. The Labute approximate surface area is 158 Å². The molecule has 2 aromatic rings. The number of carbonyl (C=O) groups is 2. The number of amides is 1. The van der Waals surface area contributed by atoms with Crippen molar-refractivity contribution in [1.29, 1.82) is 0 Å². The lowest BCUT2D eigenvalue weighted by atomic mass is 9.97. The first-order valence-electron chi connectivity index (χ1n) is 8.86. The van der Waals surface area contributed by atoms with E-state index in [4.69, 9.17) is 0 Å². The minimum atomic E-state index is -1.30. The molecular weight excluding hydrogens is 352 g/mol. The molecule has 0 aliphatic carbocycles. The zero-order valence-electron chi connectivity index (χ0n) is 15.9. The average Bonchev–Trinajstić information content (AvgIpc) is 2.63. The van der Waals surface area contributed by atoms with E-state index >= 15 is 0 Å². The maximum atomic E-state index is 13.7. The van der Waals surface area contributed by atoms with Gasteiger partial charge in [0.25, 0.3) is 5.91 Å². The number of carboxylic acids is 1. The molecule has 0 aliphatic heterocycles. The summed E-state index contributed by atoms with van der Waals surface area (Å²) in [6.45, 7) is 8.02. The van der Waals surface area contributed by atoms with Gasteiger partial charge < -0.3 is 10.4 Å². The number of hydrogen-bond acceptors (Lipinski definition) is 2. The summed E-state index contributed by atoms with van der Waals surface area (Å²) >= 11 is 0. The Balaban J connectivity index is 0.00000176. The van der Waals surface area contributed by atoms with Crippen molar-refractivity contribution in [2.75, 3.05) is 0 Å². The van der Waals surface area contributed by atoms with Crippen LogP contribution in [0.3, 0.4) is 0 Å². The Morgan fingerprint density at radius 1 is 1.04 bits per heavy atom. The van der Waals surface area contributed by atoms with Gasteiger partial charge >= 0.3 is 5.97 Å². The summed E-state index contributed by atoms with van der Waals surface area (Å²) in [6.07, 6.45) is 0.0116. The second-order valence-electron chi connectivity index (χ2n) is 6.06. The molecule has 146 valence electrons. The molecular formula is C21H25F2NO3. The smallest absolute Gasteiger partial charge is 0.326 e. The first-order chi connectivity index (χ1) is 12.8. The molecule has 4 nitrogen and oxygen atoms in total. The van der Waals surface area contributed by atoms with E-state index in [-0.39, 0.29) is 12.3 Å². The second kappa shape index (κ2) is 10.4. The lowest BCUT2D eigenvalue weighted by Gasteiger charge is -2.16. The lowest BCUT2D eigenvalue weighted by molar-refractivity contribution is -0.139. The van der Waals surface area contributed by atoms with Gasteiger partial charge in [-0.15, -0.1) is 0 Å². The van der Waals surface area contributed by atoms with Gasteiger partial charge in [0.1, 0.15) is 23.2 Å². The fourth-order valence-electron chi connectivity index (χ4n) is 2.46. The highest BCUT2D eigenvalue weighted by Gasteiger charge is 2.24. The highest BCUT2D eigenvalue weighted by molar-refractivity contribution is 5.97. The van der Waals surface area contributed by atoms with Crippen molar-refractivity contribution in [3.05, 3.63) is 70.8 Å². The average molecular weight is 377 g/mol. The molecule has 0 fully saturated rings. The Kier molecular flexibility index (Phi) is 8.59. The molecule has 0 bridgehead atoms. The van der Waals surface area contributed by atoms with E-state index < -0.39 is 35.1 Å². The molecule has 0 heterocycles. The van der Waals surface area contributed by atoms with Gasteiger partial charge in [-0.1, -0.05) is 58.0 Å². The number of carboxylic acid groups (broad SMARTS) is 1. The Bertz CT molecular complexity index is 770. The fourth-order valence-corrected chi connectivity index (χ4v) is 2.46. The van der Waals surface area contributed by atoms with Gasteiger partial charge in [-0.05, 0) is 29.2 Å². The van der Waals surface area contributed by atoms with Crippen LogP contribution in [-0.2, 0) is 11.2 Å². The highest BCUT2D eigenvalue weighted by atomic mass is 19.1. The summed E-state index contributed by atoms with van der Waals surface area (Å²) < 4.78 is 27.3. The SMILES string of the molecule is CC.CC(C)c1cccc(CC(NC(=O)c2c(F)cccc2F)C(=O)O)c1. The third-order valence-corrected chi connectivity index (χ3v) is 3.85. The normalized spacial score (nSPS) is 11.4. The number of nitrogens with one attached hydrogen (secondary N) is 1. The van der Waals surface area contributed by atoms with Crippen LogP contribution in [0.4, 0.5) is 8.78 Å². The third kappa shape index (κ3) is 6.16. The minimum absolute atomic E-state index is 0.0116. The molecule has 0 spiro atoms. The summed E-state index contributed by atoms with van der Waals surface area (Å²) in [5, 5.41) is 11.5. The first kappa shape index (κ1) is 22.3. The van der Waals surface area contributed by atoms with Crippen LogP contribution in [0, 0.1) is 11.6 Å². The number of hydrogen-bond donors (Lipinski definition) is 2. The van der Waals surface area contributed by atoms with Crippen LogP contribution in [0.1, 0.15) is 55.1 Å². The van der Waals surface area contributed by atoms with Crippen molar-refractivity contribution in [3.63, 3.8) is 0 Å². The quantitative estimate of drug-likeness (QED) is 0.777. The van der Waals surface area contributed by atoms with E-state index in [0.29, 0.717) is 5.56 Å². The molecule has 1 unspecified atom stereocenters. The maximum absolute atomic E-state index is 13.7. The van der Waals surface area contributed by atoms with Crippen molar-refractivity contribution in [1.82, 2.24) is 5.32 Å². The summed E-state index contributed by atoms with van der Waals surface area (Å²) in [7, 11) is 0. The van der Waals surface area contributed by atoms with Crippen LogP contribution in [0.2, 0.25) is 0 Å². The number of halogens is 2. The summed E-state index contributed by atoms with van der Waals surface area (Å²) in [5.41, 5.74) is 0.964. The van der Waals surface area contributed by atoms with Gasteiger partial charge in [0.05, 0.1) is 0 Å². The fraction of sp³-hybridized carbons (Fsp3) is 0.333. The Hall–Kier alpha value is -2.76. The molecule has 0 aliphatic rings. The van der Waals surface area contributed by atoms with Crippen molar-refractivity contribution in [2.45, 2.75) is 46.1 Å². The van der Waals surface area contributed by atoms with E-state index in [1.54, 1.807) is 6.07 Å². The van der Waals surface area contributed by atoms with Crippen molar-refractivity contribution in [3.8, 4) is 0 Å². The van der Waals surface area contributed by atoms with Crippen molar-refractivity contribution < 1.29 is 23.5 Å². The van der Waals surface area contributed by atoms with E-state index in [0.717, 1.165) is 23.8 Å². The van der Waals surface area contributed by atoms with Crippen molar-refractivity contribution in [2.24, 2.45) is 0 Å². The zero-order valence-corrected chi connectivity index (χ0v) is 15.9. The van der Waals surface area contributed by atoms with Gasteiger partial charge in [0.15, 0.2) is 0 Å². The van der Waals surface area contributed by atoms with Crippen LogP contribution < -0.4 is 5.32 Å². The van der Waals surface area contributed by atoms with Crippen LogP contribution in [-0.4, -0.2) is 23.0 Å². The topological polar surface area (TPSA) is 66.4 Å². The Morgan fingerprint density at radius 3 is 2.11 bits per heavy atom. The number of aliphatic carboxylic acids is 1. The zero-order chi connectivity index (χ0) is 20.6. The predicted octanol–water partition coefficient (Wildman–Crippen LogP) is 4.54. The summed E-state index contributed by atoms with van der Waals surface area (Å²) in [4.78, 5) is 23.6. The molecule has 6 heteroatoms. The van der Waals surface area contributed by atoms with Crippen LogP contribution in [0.25, 0.3) is 0 Å². The number of benzene rings is 2. The molecule has 2 aromatic carbocycles.